The number of halogens is 1. The quantitative estimate of drug-likeness (QED) is 0.671. The van der Waals surface area contributed by atoms with Crippen LogP contribution in [-0.4, -0.2) is 45.4 Å². The normalized spacial score (nSPS) is 18.8. The molecule has 2 fully saturated rings. The van der Waals surface area contributed by atoms with Gasteiger partial charge in [0, 0.05) is 29.7 Å². The van der Waals surface area contributed by atoms with Gasteiger partial charge in [-0.3, -0.25) is 4.79 Å². The molecule has 1 atom stereocenters. The lowest BCUT2D eigenvalue weighted by molar-refractivity contribution is 0.0940. The summed E-state index contributed by atoms with van der Waals surface area (Å²) in [5.41, 5.74) is 1.51. The van der Waals surface area contributed by atoms with Crippen molar-refractivity contribution in [2.75, 3.05) is 32.2 Å². The second kappa shape index (κ2) is 9.69. The molecule has 1 heterocycles. The van der Waals surface area contributed by atoms with Gasteiger partial charge in [0.1, 0.15) is 5.75 Å². The van der Waals surface area contributed by atoms with E-state index in [1.807, 2.05) is 24.3 Å². The minimum atomic E-state index is -0.115. The maximum Gasteiger partial charge on any atom is 0.251 e. The summed E-state index contributed by atoms with van der Waals surface area (Å²) in [6.07, 6.45) is 5.63. The van der Waals surface area contributed by atoms with Crippen LogP contribution in [-0.2, 0) is 0 Å². The van der Waals surface area contributed by atoms with Crippen LogP contribution >= 0.6 is 11.6 Å². The lowest BCUT2D eigenvalue weighted by Crippen LogP contribution is -2.37. The zero-order valence-corrected chi connectivity index (χ0v) is 18.8. The Morgan fingerprint density at radius 1 is 1.00 bits per heavy atom. The molecule has 1 saturated heterocycles. The molecule has 4 rings (SSSR count). The summed E-state index contributed by atoms with van der Waals surface area (Å²) in [6, 6.07) is 11.0. The Balaban J connectivity index is 1.40. The van der Waals surface area contributed by atoms with Gasteiger partial charge in [0.05, 0.1) is 26.0 Å². The molecule has 1 amide bonds. The highest BCUT2D eigenvalue weighted by Crippen LogP contribution is 2.34. The standard InChI is InChI=1S/C24H29ClN2O4/c1-29-21-10-8-17(25)14-20(21)27-12-11-18(15-27)26-24(28)16-7-9-22(23(13-16)30-2)31-19-5-3-4-6-19/h7-10,13-14,18-19H,3-6,11-12,15H2,1-2H3,(H,26,28). The molecule has 166 valence electrons. The maximum atomic E-state index is 12.9. The van der Waals surface area contributed by atoms with Crippen LogP contribution in [0.4, 0.5) is 5.69 Å². The van der Waals surface area contributed by atoms with Gasteiger partial charge in [-0.2, -0.15) is 0 Å². The predicted octanol–water partition coefficient (Wildman–Crippen LogP) is 4.69. The van der Waals surface area contributed by atoms with Crippen LogP contribution in [0.5, 0.6) is 17.2 Å². The zero-order valence-electron chi connectivity index (χ0n) is 18.0. The lowest BCUT2D eigenvalue weighted by atomic mass is 10.1. The SMILES string of the molecule is COc1cc(C(=O)NC2CCN(c3cc(Cl)ccc3OC)C2)ccc1OC1CCCC1. The van der Waals surface area contributed by atoms with Gasteiger partial charge in [-0.25, -0.2) is 0 Å². The first kappa shape index (κ1) is 21.6. The summed E-state index contributed by atoms with van der Waals surface area (Å²) >= 11 is 6.17. The van der Waals surface area contributed by atoms with Crippen LogP contribution in [0.25, 0.3) is 0 Å². The molecule has 1 saturated carbocycles. The van der Waals surface area contributed by atoms with Crippen molar-refractivity contribution in [3.05, 3.63) is 47.0 Å². The molecule has 0 bridgehead atoms. The number of amides is 1. The first-order chi connectivity index (χ1) is 15.1. The van der Waals surface area contributed by atoms with E-state index in [4.69, 9.17) is 25.8 Å². The number of rotatable bonds is 7. The highest BCUT2D eigenvalue weighted by molar-refractivity contribution is 6.30. The molecule has 2 aliphatic rings. The summed E-state index contributed by atoms with van der Waals surface area (Å²) < 4.78 is 17.0. The number of hydrogen-bond acceptors (Lipinski definition) is 5. The molecule has 0 spiro atoms. The molecule has 0 aromatic heterocycles. The van der Waals surface area contributed by atoms with E-state index >= 15 is 0 Å². The molecule has 31 heavy (non-hydrogen) atoms. The Labute approximate surface area is 188 Å². The second-order valence-electron chi connectivity index (χ2n) is 8.11. The van der Waals surface area contributed by atoms with Crippen LogP contribution < -0.4 is 24.4 Å². The van der Waals surface area contributed by atoms with Gasteiger partial charge in [0.2, 0.25) is 0 Å². The number of carbonyl (C=O) groups is 1. The number of anilines is 1. The average Bonchev–Trinajstić information content (AvgIpc) is 3.46. The van der Waals surface area contributed by atoms with E-state index in [9.17, 15) is 4.79 Å². The fourth-order valence-electron chi connectivity index (χ4n) is 4.37. The van der Waals surface area contributed by atoms with Crippen LogP contribution in [0.15, 0.2) is 36.4 Å². The monoisotopic (exact) mass is 444 g/mol. The molecule has 1 unspecified atom stereocenters. The number of methoxy groups -OCH3 is 2. The molecule has 1 aliphatic heterocycles. The molecule has 6 nitrogen and oxygen atoms in total. The first-order valence-corrected chi connectivity index (χ1v) is 11.2. The third kappa shape index (κ3) is 5.01. The van der Waals surface area contributed by atoms with Crippen molar-refractivity contribution in [2.45, 2.75) is 44.2 Å². The van der Waals surface area contributed by atoms with Crippen molar-refractivity contribution in [3.8, 4) is 17.2 Å². The van der Waals surface area contributed by atoms with E-state index in [1.165, 1.54) is 12.8 Å². The van der Waals surface area contributed by atoms with Gasteiger partial charge in [0.15, 0.2) is 11.5 Å². The van der Waals surface area contributed by atoms with Gasteiger partial charge in [0.25, 0.3) is 5.91 Å². The summed E-state index contributed by atoms with van der Waals surface area (Å²) in [7, 11) is 3.25. The first-order valence-electron chi connectivity index (χ1n) is 10.8. The van der Waals surface area contributed by atoms with Crippen LogP contribution in [0, 0.1) is 0 Å². The molecule has 1 aliphatic carbocycles. The Bertz CT molecular complexity index is 930. The number of benzene rings is 2. The smallest absolute Gasteiger partial charge is 0.251 e. The molecule has 2 aromatic carbocycles. The highest BCUT2D eigenvalue weighted by Gasteiger charge is 2.27. The van der Waals surface area contributed by atoms with E-state index in [-0.39, 0.29) is 18.1 Å². The Kier molecular flexibility index (Phi) is 6.76. The van der Waals surface area contributed by atoms with Gasteiger partial charge in [-0.1, -0.05) is 11.6 Å². The van der Waals surface area contributed by atoms with E-state index in [2.05, 4.69) is 10.2 Å². The van der Waals surface area contributed by atoms with Gasteiger partial charge < -0.3 is 24.4 Å². The Morgan fingerprint density at radius 3 is 2.48 bits per heavy atom. The number of nitrogens with one attached hydrogen (secondary N) is 1. The Hall–Kier alpha value is -2.60. The van der Waals surface area contributed by atoms with Crippen molar-refractivity contribution in [1.29, 1.82) is 0 Å². The third-order valence-corrected chi connectivity index (χ3v) is 6.26. The summed E-state index contributed by atoms with van der Waals surface area (Å²) in [4.78, 5) is 15.1. The summed E-state index contributed by atoms with van der Waals surface area (Å²) in [5, 5.41) is 3.80. The predicted molar refractivity (Wildman–Crippen MR) is 122 cm³/mol. The van der Waals surface area contributed by atoms with Crippen LogP contribution in [0.3, 0.4) is 0 Å². The van der Waals surface area contributed by atoms with Gasteiger partial charge in [-0.05, 0) is 68.5 Å². The molecule has 0 radical (unpaired) electrons. The minimum absolute atomic E-state index is 0.0385. The highest BCUT2D eigenvalue weighted by atomic mass is 35.5. The minimum Gasteiger partial charge on any atom is -0.495 e. The molecule has 7 heteroatoms. The van der Waals surface area contributed by atoms with Gasteiger partial charge >= 0.3 is 0 Å². The van der Waals surface area contributed by atoms with Crippen LogP contribution in [0.2, 0.25) is 5.02 Å². The summed E-state index contributed by atoms with van der Waals surface area (Å²) in [6.45, 7) is 1.52. The number of carbonyl (C=O) groups excluding carboxylic acids is 1. The topological polar surface area (TPSA) is 60.0 Å². The van der Waals surface area contributed by atoms with E-state index < -0.39 is 0 Å². The number of hydrogen-bond donors (Lipinski definition) is 1. The average molecular weight is 445 g/mol. The zero-order chi connectivity index (χ0) is 21.8. The molecular weight excluding hydrogens is 416 g/mol. The third-order valence-electron chi connectivity index (χ3n) is 6.03. The maximum absolute atomic E-state index is 12.9. The fourth-order valence-corrected chi connectivity index (χ4v) is 4.53. The van der Waals surface area contributed by atoms with Crippen molar-refractivity contribution in [2.24, 2.45) is 0 Å². The molecular formula is C24H29ClN2O4. The molecule has 1 N–H and O–H groups in total. The second-order valence-corrected chi connectivity index (χ2v) is 8.55. The van der Waals surface area contributed by atoms with E-state index in [0.717, 1.165) is 37.2 Å². The van der Waals surface area contributed by atoms with Gasteiger partial charge in [-0.15, -0.1) is 0 Å². The van der Waals surface area contributed by atoms with Crippen LogP contribution in [0.1, 0.15) is 42.5 Å². The van der Waals surface area contributed by atoms with Crippen molar-refractivity contribution < 1.29 is 19.0 Å². The van der Waals surface area contributed by atoms with Crippen molar-refractivity contribution in [1.82, 2.24) is 5.32 Å². The number of ether oxygens (including phenoxy) is 3. The van der Waals surface area contributed by atoms with E-state index in [0.29, 0.717) is 28.6 Å². The van der Waals surface area contributed by atoms with Crippen molar-refractivity contribution in [3.63, 3.8) is 0 Å². The number of nitrogens with zero attached hydrogens (tertiary/aromatic N) is 1. The van der Waals surface area contributed by atoms with E-state index in [1.54, 1.807) is 26.4 Å². The lowest BCUT2D eigenvalue weighted by Gasteiger charge is -2.22. The van der Waals surface area contributed by atoms with Crippen molar-refractivity contribution >= 4 is 23.2 Å². The summed E-state index contributed by atoms with van der Waals surface area (Å²) in [5.74, 6) is 1.96. The largest absolute Gasteiger partial charge is 0.495 e. The fraction of sp³-hybridized carbons (Fsp3) is 0.458. The molecule has 2 aromatic rings. The Morgan fingerprint density at radius 2 is 1.74 bits per heavy atom.